The van der Waals surface area contributed by atoms with Crippen molar-refractivity contribution in [2.24, 2.45) is 11.8 Å². The van der Waals surface area contributed by atoms with E-state index in [4.69, 9.17) is 4.74 Å². The highest BCUT2D eigenvalue weighted by molar-refractivity contribution is 7.99. The van der Waals surface area contributed by atoms with Gasteiger partial charge in [-0.05, 0) is 26.0 Å². The summed E-state index contributed by atoms with van der Waals surface area (Å²) in [5.74, 6) is 1.05. The van der Waals surface area contributed by atoms with Gasteiger partial charge in [0, 0.05) is 11.7 Å². The summed E-state index contributed by atoms with van der Waals surface area (Å²) in [4.78, 5) is 23.0. The van der Waals surface area contributed by atoms with Crippen LogP contribution in [0.5, 0.6) is 0 Å². The van der Waals surface area contributed by atoms with Crippen LogP contribution in [0.1, 0.15) is 20.3 Å². The van der Waals surface area contributed by atoms with Crippen LogP contribution in [-0.2, 0) is 14.3 Å². The minimum atomic E-state index is -0.585. The van der Waals surface area contributed by atoms with Crippen LogP contribution in [0.15, 0.2) is 0 Å². The van der Waals surface area contributed by atoms with Crippen molar-refractivity contribution in [1.82, 2.24) is 0 Å². The first-order chi connectivity index (χ1) is 6.66. The van der Waals surface area contributed by atoms with Gasteiger partial charge in [0.05, 0.1) is 6.61 Å². The highest BCUT2D eigenvalue weighted by Gasteiger charge is 2.31. The van der Waals surface area contributed by atoms with Crippen molar-refractivity contribution in [3.05, 3.63) is 0 Å². The highest BCUT2D eigenvalue weighted by atomic mass is 32.2. The molecule has 80 valence electrons. The first kappa shape index (κ1) is 11.6. The van der Waals surface area contributed by atoms with Crippen LogP contribution >= 0.6 is 11.8 Å². The molecule has 0 N–H and O–H groups in total. The molecule has 0 radical (unpaired) electrons. The molecule has 4 heteroatoms. The van der Waals surface area contributed by atoms with Crippen molar-refractivity contribution in [3.63, 3.8) is 0 Å². The lowest BCUT2D eigenvalue weighted by molar-refractivity contribution is -0.151. The second-order valence-corrected chi connectivity index (χ2v) is 4.59. The van der Waals surface area contributed by atoms with Crippen molar-refractivity contribution < 1.29 is 14.3 Å². The molecular formula is C10H16O3S. The third-order valence-corrected chi connectivity index (χ3v) is 3.56. The van der Waals surface area contributed by atoms with Crippen molar-refractivity contribution in [3.8, 4) is 0 Å². The van der Waals surface area contributed by atoms with Gasteiger partial charge in [-0.1, -0.05) is 0 Å². The summed E-state index contributed by atoms with van der Waals surface area (Å²) in [6, 6.07) is 0. The Morgan fingerprint density at radius 2 is 2.29 bits per heavy atom. The van der Waals surface area contributed by atoms with Gasteiger partial charge >= 0.3 is 5.97 Å². The molecule has 0 aromatic heterocycles. The lowest BCUT2D eigenvalue weighted by atomic mass is 9.94. The Morgan fingerprint density at radius 3 is 2.79 bits per heavy atom. The van der Waals surface area contributed by atoms with Gasteiger partial charge < -0.3 is 4.74 Å². The summed E-state index contributed by atoms with van der Waals surface area (Å²) in [5, 5.41) is 0. The predicted octanol–water partition coefficient (Wildman–Crippen LogP) is 1.51. The van der Waals surface area contributed by atoms with E-state index in [0.29, 0.717) is 6.61 Å². The minimum absolute atomic E-state index is 0.0495. The minimum Gasteiger partial charge on any atom is -0.465 e. The Hall–Kier alpha value is -0.510. The summed E-state index contributed by atoms with van der Waals surface area (Å²) in [7, 11) is 0. The van der Waals surface area contributed by atoms with Gasteiger partial charge in [0.2, 0.25) is 0 Å². The van der Waals surface area contributed by atoms with E-state index in [1.807, 2.05) is 0 Å². The zero-order valence-corrected chi connectivity index (χ0v) is 9.43. The standard InChI is InChI=1S/C10H16O3S/c1-3-13-10(12)7(2)9(11)8-4-5-14-6-8/h7-8H,3-6H2,1-2H3. The lowest BCUT2D eigenvalue weighted by Gasteiger charge is -2.13. The molecule has 3 nitrogen and oxygen atoms in total. The summed E-state index contributed by atoms with van der Waals surface area (Å²) in [5.41, 5.74) is 0. The second-order valence-electron chi connectivity index (χ2n) is 3.44. The molecule has 2 atom stereocenters. The quantitative estimate of drug-likeness (QED) is 0.528. The highest BCUT2D eigenvalue weighted by Crippen LogP contribution is 2.26. The van der Waals surface area contributed by atoms with E-state index in [1.54, 1.807) is 25.6 Å². The second kappa shape index (κ2) is 5.39. The fourth-order valence-corrected chi connectivity index (χ4v) is 2.73. The van der Waals surface area contributed by atoms with Crippen LogP contribution in [0.4, 0.5) is 0 Å². The normalized spacial score (nSPS) is 23.1. The molecule has 0 bridgehead atoms. The third-order valence-electron chi connectivity index (χ3n) is 2.40. The number of carbonyl (C=O) groups excluding carboxylic acids is 2. The van der Waals surface area contributed by atoms with E-state index >= 15 is 0 Å². The van der Waals surface area contributed by atoms with Crippen molar-refractivity contribution in [1.29, 1.82) is 0 Å². The Balaban J connectivity index is 2.46. The summed E-state index contributed by atoms with van der Waals surface area (Å²) < 4.78 is 4.82. The molecule has 1 heterocycles. The van der Waals surface area contributed by atoms with Crippen LogP contribution in [0.2, 0.25) is 0 Å². The molecule has 2 unspecified atom stereocenters. The zero-order valence-electron chi connectivity index (χ0n) is 8.62. The molecule has 1 saturated heterocycles. The predicted molar refractivity (Wildman–Crippen MR) is 56.2 cm³/mol. The van der Waals surface area contributed by atoms with Gasteiger partial charge in [0.1, 0.15) is 5.92 Å². The maximum Gasteiger partial charge on any atom is 0.316 e. The number of thioether (sulfide) groups is 1. The monoisotopic (exact) mass is 216 g/mol. The fourth-order valence-electron chi connectivity index (χ4n) is 1.50. The molecule has 1 fully saturated rings. The van der Waals surface area contributed by atoms with Gasteiger partial charge in [-0.25, -0.2) is 0 Å². The molecule has 0 aromatic rings. The Kier molecular flexibility index (Phi) is 4.45. The maximum absolute atomic E-state index is 11.7. The third kappa shape index (κ3) is 2.74. The van der Waals surface area contributed by atoms with Crippen LogP contribution in [-0.4, -0.2) is 29.9 Å². The first-order valence-corrected chi connectivity index (χ1v) is 6.10. The molecular weight excluding hydrogens is 200 g/mol. The van der Waals surface area contributed by atoms with E-state index < -0.39 is 5.92 Å². The number of carbonyl (C=O) groups is 2. The molecule has 1 aliphatic rings. The van der Waals surface area contributed by atoms with Crippen LogP contribution < -0.4 is 0 Å². The molecule has 1 rings (SSSR count). The molecule has 0 spiro atoms. The van der Waals surface area contributed by atoms with E-state index in [-0.39, 0.29) is 17.7 Å². The number of hydrogen-bond acceptors (Lipinski definition) is 4. The average molecular weight is 216 g/mol. The summed E-state index contributed by atoms with van der Waals surface area (Å²) in [6.07, 6.45) is 0.910. The lowest BCUT2D eigenvalue weighted by Crippen LogP contribution is -2.29. The number of Topliss-reactive ketones (excluding diaryl/α,β-unsaturated/α-hetero) is 1. The van der Waals surface area contributed by atoms with Gasteiger partial charge in [-0.2, -0.15) is 11.8 Å². The Morgan fingerprint density at radius 1 is 1.57 bits per heavy atom. The average Bonchev–Trinajstić information content (AvgIpc) is 2.68. The molecule has 14 heavy (non-hydrogen) atoms. The SMILES string of the molecule is CCOC(=O)C(C)C(=O)C1CCSC1. The zero-order chi connectivity index (χ0) is 10.6. The molecule has 1 aliphatic heterocycles. The largest absolute Gasteiger partial charge is 0.465 e. The Bertz CT molecular complexity index is 221. The van der Waals surface area contributed by atoms with Crippen molar-refractivity contribution in [2.75, 3.05) is 18.1 Å². The maximum atomic E-state index is 11.7. The number of rotatable bonds is 4. The number of ether oxygens (including phenoxy) is 1. The first-order valence-electron chi connectivity index (χ1n) is 4.95. The van der Waals surface area contributed by atoms with Crippen LogP contribution in [0, 0.1) is 11.8 Å². The van der Waals surface area contributed by atoms with E-state index in [1.165, 1.54) is 0 Å². The van der Waals surface area contributed by atoms with Gasteiger partial charge in [0.25, 0.3) is 0 Å². The number of hydrogen-bond donors (Lipinski definition) is 0. The van der Waals surface area contributed by atoms with Crippen LogP contribution in [0.25, 0.3) is 0 Å². The smallest absolute Gasteiger partial charge is 0.316 e. The molecule has 0 amide bonds. The van der Waals surface area contributed by atoms with E-state index in [0.717, 1.165) is 17.9 Å². The molecule has 0 saturated carbocycles. The van der Waals surface area contributed by atoms with E-state index in [9.17, 15) is 9.59 Å². The Labute approximate surface area is 88.6 Å². The van der Waals surface area contributed by atoms with Crippen molar-refractivity contribution >= 4 is 23.5 Å². The fraction of sp³-hybridized carbons (Fsp3) is 0.800. The van der Waals surface area contributed by atoms with E-state index in [2.05, 4.69) is 0 Å². The molecule has 0 aliphatic carbocycles. The summed E-state index contributed by atoms with van der Waals surface area (Å²) >= 11 is 1.78. The van der Waals surface area contributed by atoms with Crippen molar-refractivity contribution in [2.45, 2.75) is 20.3 Å². The van der Waals surface area contributed by atoms with Gasteiger partial charge in [-0.15, -0.1) is 0 Å². The summed E-state index contributed by atoms with van der Waals surface area (Å²) in [6.45, 7) is 3.74. The number of esters is 1. The topological polar surface area (TPSA) is 43.4 Å². The molecule has 0 aromatic carbocycles. The van der Waals surface area contributed by atoms with Gasteiger partial charge in [-0.3, -0.25) is 9.59 Å². The van der Waals surface area contributed by atoms with Crippen LogP contribution in [0.3, 0.4) is 0 Å². The number of ketones is 1. The van der Waals surface area contributed by atoms with Gasteiger partial charge in [0.15, 0.2) is 5.78 Å².